The molecule has 4 nitrogen and oxygen atoms in total. The van der Waals surface area contributed by atoms with E-state index in [4.69, 9.17) is 10.2 Å². The van der Waals surface area contributed by atoms with Gasteiger partial charge in [-0.25, -0.2) is 4.39 Å². The Labute approximate surface area is 115 Å². The molecule has 0 radical (unpaired) electrons. The van der Waals surface area contributed by atoms with Gasteiger partial charge in [0.25, 0.3) is 0 Å². The van der Waals surface area contributed by atoms with Gasteiger partial charge in [0.15, 0.2) is 0 Å². The maximum atomic E-state index is 12.9. The third-order valence-corrected chi connectivity index (χ3v) is 3.51. The summed E-state index contributed by atoms with van der Waals surface area (Å²) in [5.41, 5.74) is 5.99. The van der Waals surface area contributed by atoms with Crippen LogP contribution in [0.5, 0.6) is 0 Å². The van der Waals surface area contributed by atoms with Crippen LogP contribution in [-0.4, -0.2) is 10.2 Å². The number of hydrogen-bond donors (Lipinski definition) is 1. The molecule has 1 aromatic heterocycles. The standard InChI is InChI=1S/C13H16FN3OS/c1-13(2,3)12-17-16-11(18-12)7-19-10-5-4-8(14)6-9(10)15/h4-6H,7,15H2,1-3H3. The summed E-state index contributed by atoms with van der Waals surface area (Å²) in [7, 11) is 0. The van der Waals surface area contributed by atoms with Gasteiger partial charge in [-0.1, -0.05) is 20.8 Å². The molecule has 0 atom stereocenters. The zero-order valence-electron chi connectivity index (χ0n) is 11.1. The Kier molecular flexibility index (Phi) is 3.80. The Bertz CT molecular complexity index is 578. The van der Waals surface area contributed by atoms with Gasteiger partial charge in [0.2, 0.25) is 11.8 Å². The van der Waals surface area contributed by atoms with Crippen LogP contribution >= 0.6 is 11.8 Å². The normalized spacial score (nSPS) is 11.8. The van der Waals surface area contributed by atoms with Crippen molar-refractivity contribution in [3.63, 3.8) is 0 Å². The molecule has 2 N–H and O–H groups in total. The number of nitrogens with zero attached hydrogens (tertiary/aromatic N) is 2. The quantitative estimate of drug-likeness (QED) is 0.690. The van der Waals surface area contributed by atoms with Crippen molar-refractivity contribution in [2.75, 3.05) is 5.73 Å². The molecule has 0 fully saturated rings. The first-order valence-corrected chi connectivity index (χ1v) is 6.85. The summed E-state index contributed by atoms with van der Waals surface area (Å²) in [6.45, 7) is 6.03. The second-order valence-electron chi connectivity index (χ2n) is 5.22. The minimum atomic E-state index is -0.338. The number of nitrogen functional groups attached to an aromatic ring is 1. The lowest BCUT2D eigenvalue weighted by molar-refractivity contribution is 0.378. The SMILES string of the molecule is CC(C)(C)c1nnc(CSc2ccc(F)cc2N)o1. The van der Waals surface area contributed by atoms with E-state index in [9.17, 15) is 4.39 Å². The molecule has 1 heterocycles. The first-order valence-electron chi connectivity index (χ1n) is 5.87. The summed E-state index contributed by atoms with van der Waals surface area (Å²) in [5, 5.41) is 8.01. The highest BCUT2D eigenvalue weighted by Gasteiger charge is 2.21. The van der Waals surface area contributed by atoms with E-state index in [-0.39, 0.29) is 11.2 Å². The average molecular weight is 281 g/mol. The van der Waals surface area contributed by atoms with Crippen LogP contribution in [0.15, 0.2) is 27.5 Å². The topological polar surface area (TPSA) is 64.9 Å². The molecule has 2 aromatic rings. The van der Waals surface area contributed by atoms with Gasteiger partial charge in [-0.05, 0) is 18.2 Å². The van der Waals surface area contributed by atoms with E-state index in [2.05, 4.69) is 10.2 Å². The van der Waals surface area contributed by atoms with Crippen LogP contribution in [0, 0.1) is 5.82 Å². The molecular formula is C13H16FN3OS. The van der Waals surface area contributed by atoms with Crippen molar-refractivity contribution in [2.24, 2.45) is 0 Å². The molecule has 19 heavy (non-hydrogen) atoms. The van der Waals surface area contributed by atoms with Crippen LogP contribution in [0.2, 0.25) is 0 Å². The van der Waals surface area contributed by atoms with Crippen LogP contribution in [0.1, 0.15) is 32.6 Å². The van der Waals surface area contributed by atoms with Crippen molar-refractivity contribution in [3.05, 3.63) is 35.8 Å². The van der Waals surface area contributed by atoms with E-state index in [1.807, 2.05) is 20.8 Å². The zero-order chi connectivity index (χ0) is 14.0. The second kappa shape index (κ2) is 5.21. The lowest BCUT2D eigenvalue weighted by Gasteiger charge is -2.10. The van der Waals surface area contributed by atoms with Crippen molar-refractivity contribution in [1.29, 1.82) is 0 Å². The number of hydrogen-bond acceptors (Lipinski definition) is 5. The van der Waals surface area contributed by atoms with Crippen LogP contribution < -0.4 is 5.73 Å². The van der Waals surface area contributed by atoms with E-state index in [0.29, 0.717) is 23.2 Å². The molecule has 1 aromatic carbocycles. The average Bonchev–Trinajstić information content (AvgIpc) is 2.76. The molecular weight excluding hydrogens is 265 g/mol. The molecule has 0 saturated heterocycles. The smallest absolute Gasteiger partial charge is 0.226 e. The Hall–Kier alpha value is -1.56. The largest absolute Gasteiger partial charge is 0.424 e. The van der Waals surface area contributed by atoms with Gasteiger partial charge < -0.3 is 10.2 Å². The highest BCUT2D eigenvalue weighted by Crippen LogP contribution is 2.29. The fourth-order valence-corrected chi connectivity index (χ4v) is 2.19. The summed E-state index contributed by atoms with van der Waals surface area (Å²) in [6.07, 6.45) is 0. The first kappa shape index (κ1) is 13.9. The first-order chi connectivity index (χ1) is 8.86. The molecule has 0 saturated carbocycles. The van der Waals surface area contributed by atoms with Crippen molar-refractivity contribution in [2.45, 2.75) is 36.8 Å². The van der Waals surface area contributed by atoms with Gasteiger partial charge in [0.1, 0.15) is 5.82 Å². The summed E-state index contributed by atoms with van der Waals surface area (Å²) < 4.78 is 18.5. The lowest BCUT2D eigenvalue weighted by Crippen LogP contribution is -2.11. The zero-order valence-corrected chi connectivity index (χ0v) is 11.9. The number of rotatable bonds is 3. The van der Waals surface area contributed by atoms with E-state index in [1.165, 1.54) is 23.9 Å². The highest BCUT2D eigenvalue weighted by atomic mass is 32.2. The van der Waals surface area contributed by atoms with Gasteiger partial charge in [0.05, 0.1) is 5.75 Å². The predicted octanol–water partition coefficient (Wildman–Crippen LogP) is 3.38. The number of thioether (sulfide) groups is 1. The molecule has 0 aliphatic carbocycles. The third kappa shape index (κ3) is 3.47. The van der Waals surface area contributed by atoms with Crippen LogP contribution in [0.25, 0.3) is 0 Å². The molecule has 0 amide bonds. The van der Waals surface area contributed by atoms with Crippen LogP contribution in [-0.2, 0) is 11.2 Å². The minimum Gasteiger partial charge on any atom is -0.424 e. The monoisotopic (exact) mass is 281 g/mol. The third-order valence-electron chi connectivity index (χ3n) is 2.43. The molecule has 2 rings (SSSR count). The van der Waals surface area contributed by atoms with Gasteiger partial charge in [0, 0.05) is 16.0 Å². The molecule has 0 bridgehead atoms. The van der Waals surface area contributed by atoms with Crippen molar-refractivity contribution >= 4 is 17.4 Å². The Morgan fingerprint density at radius 1 is 1.32 bits per heavy atom. The molecule has 0 aliphatic rings. The number of aromatic nitrogens is 2. The Balaban J connectivity index is 2.04. The lowest BCUT2D eigenvalue weighted by atomic mass is 9.97. The summed E-state index contributed by atoms with van der Waals surface area (Å²) in [6, 6.07) is 4.33. The number of benzene rings is 1. The maximum absolute atomic E-state index is 12.9. The Morgan fingerprint density at radius 2 is 2.05 bits per heavy atom. The van der Waals surface area contributed by atoms with Crippen molar-refractivity contribution < 1.29 is 8.81 Å². The van der Waals surface area contributed by atoms with Crippen LogP contribution in [0.3, 0.4) is 0 Å². The van der Waals surface area contributed by atoms with E-state index < -0.39 is 0 Å². The van der Waals surface area contributed by atoms with E-state index >= 15 is 0 Å². The van der Waals surface area contributed by atoms with Gasteiger partial charge in [-0.3, -0.25) is 0 Å². The number of anilines is 1. The minimum absolute atomic E-state index is 0.162. The summed E-state index contributed by atoms with van der Waals surface area (Å²) in [4.78, 5) is 0.803. The predicted molar refractivity (Wildman–Crippen MR) is 73.4 cm³/mol. The van der Waals surface area contributed by atoms with Crippen molar-refractivity contribution in [3.8, 4) is 0 Å². The van der Waals surface area contributed by atoms with Gasteiger partial charge >= 0.3 is 0 Å². The fourth-order valence-electron chi connectivity index (χ4n) is 1.41. The van der Waals surface area contributed by atoms with Gasteiger partial charge in [-0.2, -0.15) is 0 Å². The maximum Gasteiger partial charge on any atom is 0.226 e. The number of halogens is 1. The molecule has 0 spiro atoms. The fraction of sp³-hybridized carbons (Fsp3) is 0.385. The van der Waals surface area contributed by atoms with Crippen molar-refractivity contribution in [1.82, 2.24) is 10.2 Å². The van der Waals surface area contributed by atoms with E-state index in [1.54, 1.807) is 6.07 Å². The Morgan fingerprint density at radius 3 is 2.63 bits per heavy atom. The van der Waals surface area contributed by atoms with Crippen LogP contribution in [0.4, 0.5) is 10.1 Å². The molecule has 0 aliphatic heterocycles. The van der Waals surface area contributed by atoms with E-state index in [0.717, 1.165) is 4.90 Å². The molecule has 6 heteroatoms. The summed E-state index contributed by atoms with van der Waals surface area (Å²) >= 11 is 1.44. The second-order valence-corrected chi connectivity index (χ2v) is 6.24. The number of nitrogens with two attached hydrogens (primary N) is 1. The molecule has 0 unspecified atom stereocenters. The van der Waals surface area contributed by atoms with Gasteiger partial charge in [-0.15, -0.1) is 22.0 Å². The molecule has 102 valence electrons. The summed E-state index contributed by atoms with van der Waals surface area (Å²) in [5.74, 6) is 1.32. The highest BCUT2D eigenvalue weighted by molar-refractivity contribution is 7.98.